The van der Waals surface area contributed by atoms with Crippen LogP contribution in [-0.2, 0) is 0 Å². The lowest BCUT2D eigenvalue weighted by Gasteiger charge is -2.02. The van der Waals surface area contributed by atoms with Gasteiger partial charge in [-0.25, -0.2) is 0 Å². The summed E-state index contributed by atoms with van der Waals surface area (Å²) in [5, 5.41) is 4.37. The van der Waals surface area contributed by atoms with Gasteiger partial charge in [0.1, 0.15) is 0 Å². The zero-order valence-corrected chi connectivity index (χ0v) is 5.87. The van der Waals surface area contributed by atoms with Crippen molar-refractivity contribution in [2.24, 2.45) is 0 Å². The van der Waals surface area contributed by atoms with Crippen LogP contribution in [0.25, 0.3) is 0 Å². The first-order chi connectivity index (χ1) is 3.93. The first-order valence-corrected chi connectivity index (χ1v) is 3.86. The molecule has 0 amide bonds. The largest absolute Gasteiger partial charge is 0.106 e. The highest BCUT2D eigenvalue weighted by molar-refractivity contribution is 8.04. The Hall–Kier alpha value is -0.170. The second-order valence-corrected chi connectivity index (χ2v) is 2.62. The molecule has 1 aliphatic heterocycles. The molecule has 1 heteroatoms. The van der Waals surface area contributed by atoms with Gasteiger partial charge in [-0.05, 0) is 23.7 Å². The fourth-order valence-electron chi connectivity index (χ4n) is 0.666. The van der Waals surface area contributed by atoms with E-state index in [1.165, 1.54) is 12.8 Å². The molecule has 0 saturated heterocycles. The summed E-state index contributed by atoms with van der Waals surface area (Å²) in [6.07, 6.45) is 4.59. The number of allylic oxidation sites excluding steroid dienone is 2. The normalized spacial score (nSPS) is 18.4. The molecular formula is C7H10S. The Labute approximate surface area is 54.7 Å². The highest BCUT2D eigenvalue weighted by Crippen LogP contribution is 2.20. The zero-order chi connectivity index (χ0) is 5.82. The Morgan fingerprint density at radius 3 is 3.00 bits per heavy atom. The van der Waals surface area contributed by atoms with E-state index in [0.29, 0.717) is 0 Å². The van der Waals surface area contributed by atoms with Crippen molar-refractivity contribution in [1.29, 1.82) is 0 Å². The van der Waals surface area contributed by atoms with Gasteiger partial charge in [-0.15, -0.1) is 11.8 Å². The van der Waals surface area contributed by atoms with E-state index in [2.05, 4.69) is 23.8 Å². The number of rotatable bonds is 1. The zero-order valence-electron chi connectivity index (χ0n) is 5.05. The SMILES string of the molecule is CCC1=CSC=CC1. The van der Waals surface area contributed by atoms with Gasteiger partial charge in [0, 0.05) is 0 Å². The molecule has 0 aromatic carbocycles. The summed E-state index contributed by atoms with van der Waals surface area (Å²) in [7, 11) is 0. The molecule has 0 aromatic rings. The molecule has 0 nitrogen and oxygen atoms in total. The minimum absolute atomic E-state index is 1.17. The summed E-state index contributed by atoms with van der Waals surface area (Å²) in [5.41, 5.74) is 1.55. The predicted molar refractivity (Wildman–Crippen MR) is 39.7 cm³/mol. The molecule has 0 radical (unpaired) electrons. The van der Waals surface area contributed by atoms with E-state index < -0.39 is 0 Å². The molecule has 0 fully saturated rings. The van der Waals surface area contributed by atoms with Crippen molar-refractivity contribution >= 4 is 11.8 Å². The van der Waals surface area contributed by atoms with Gasteiger partial charge in [-0.3, -0.25) is 0 Å². The topological polar surface area (TPSA) is 0 Å². The van der Waals surface area contributed by atoms with Crippen LogP contribution in [0.3, 0.4) is 0 Å². The molecule has 0 aromatic heterocycles. The molecule has 0 aliphatic carbocycles. The Bertz CT molecular complexity index is 122. The van der Waals surface area contributed by atoms with Crippen molar-refractivity contribution in [3.63, 3.8) is 0 Å². The molecule has 0 spiro atoms. The monoisotopic (exact) mass is 126 g/mol. The van der Waals surface area contributed by atoms with Crippen molar-refractivity contribution in [3.8, 4) is 0 Å². The molecule has 0 N–H and O–H groups in total. The lowest BCUT2D eigenvalue weighted by atomic mass is 10.2. The Morgan fingerprint density at radius 2 is 2.62 bits per heavy atom. The second-order valence-electron chi connectivity index (χ2n) is 1.84. The van der Waals surface area contributed by atoms with Crippen molar-refractivity contribution < 1.29 is 0 Å². The molecule has 8 heavy (non-hydrogen) atoms. The van der Waals surface area contributed by atoms with Crippen LogP contribution in [-0.4, -0.2) is 0 Å². The molecule has 1 rings (SSSR count). The molecule has 44 valence electrons. The second kappa shape index (κ2) is 2.98. The number of hydrogen-bond acceptors (Lipinski definition) is 1. The molecule has 1 aliphatic rings. The first kappa shape index (κ1) is 5.96. The number of hydrogen-bond donors (Lipinski definition) is 0. The lowest BCUT2D eigenvalue weighted by molar-refractivity contribution is 1.04. The van der Waals surface area contributed by atoms with Gasteiger partial charge in [-0.1, -0.05) is 18.6 Å². The average Bonchev–Trinajstić information content (AvgIpc) is 1.90. The quantitative estimate of drug-likeness (QED) is 0.520. The summed E-state index contributed by atoms with van der Waals surface area (Å²) in [4.78, 5) is 0. The third-order valence-electron chi connectivity index (χ3n) is 1.24. The van der Waals surface area contributed by atoms with Crippen molar-refractivity contribution in [3.05, 3.63) is 22.5 Å². The van der Waals surface area contributed by atoms with Crippen LogP contribution in [0.4, 0.5) is 0 Å². The summed E-state index contributed by atoms with van der Waals surface area (Å²) < 4.78 is 0. The number of thioether (sulfide) groups is 1. The van der Waals surface area contributed by atoms with Crippen LogP contribution in [0.15, 0.2) is 22.5 Å². The van der Waals surface area contributed by atoms with Crippen LogP contribution in [0.2, 0.25) is 0 Å². The molecule has 0 atom stereocenters. The van der Waals surface area contributed by atoms with Crippen LogP contribution >= 0.6 is 11.8 Å². The van der Waals surface area contributed by atoms with Crippen LogP contribution in [0.1, 0.15) is 19.8 Å². The van der Waals surface area contributed by atoms with Crippen molar-refractivity contribution in [1.82, 2.24) is 0 Å². The maximum Gasteiger partial charge on any atom is -0.0122 e. The standard InChI is InChI=1S/C7H10S/c1-2-7-4-3-5-8-6-7/h3,5-6H,2,4H2,1H3. The summed E-state index contributed by atoms with van der Waals surface area (Å²) in [5.74, 6) is 0. The third kappa shape index (κ3) is 1.41. The molecular weight excluding hydrogens is 116 g/mol. The Kier molecular flexibility index (Phi) is 2.22. The summed E-state index contributed by atoms with van der Waals surface area (Å²) in [6.45, 7) is 2.20. The molecule has 1 heterocycles. The van der Waals surface area contributed by atoms with Crippen LogP contribution in [0.5, 0.6) is 0 Å². The van der Waals surface area contributed by atoms with E-state index in [4.69, 9.17) is 0 Å². The maximum absolute atomic E-state index is 2.24. The van der Waals surface area contributed by atoms with Gasteiger partial charge in [0.15, 0.2) is 0 Å². The van der Waals surface area contributed by atoms with Crippen molar-refractivity contribution in [2.45, 2.75) is 19.8 Å². The first-order valence-electron chi connectivity index (χ1n) is 2.92. The van der Waals surface area contributed by atoms with E-state index >= 15 is 0 Å². The summed E-state index contributed by atoms with van der Waals surface area (Å²) in [6, 6.07) is 0. The minimum atomic E-state index is 1.17. The van der Waals surface area contributed by atoms with Crippen LogP contribution in [0, 0.1) is 0 Å². The highest BCUT2D eigenvalue weighted by atomic mass is 32.2. The van der Waals surface area contributed by atoms with E-state index in [0.717, 1.165) is 0 Å². The molecule has 0 saturated carbocycles. The van der Waals surface area contributed by atoms with E-state index in [9.17, 15) is 0 Å². The van der Waals surface area contributed by atoms with Gasteiger partial charge in [-0.2, -0.15) is 0 Å². The minimum Gasteiger partial charge on any atom is -0.106 e. The van der Waals surface area contributed by atoms with E-state index in [1.807, 2.05) is 0 Å². The third-order valence-corrected chi connectivity index (χ3v) is 2.06. The van der Waals surface area contributed by atoms with E-state index in [1.54, 1.807) is 17.3 Å². The van der Waals surface area contributed by atoms with Gasteiger partial charge in [0.2, 0.25) is 0 Å². The molecule has 0 unspecified atom stereocenters. The Balaban J connectivity index is 2.43. The van der Waals surface area contributed by atoms with Crippen LogP contribution < -0.4 is 0 Å². The predicted octanol–water partition coefficient (Wildman–Crippen LogP) is 2.93. The van der Waals surface area contributed by atoms with Gasteiger partial charge >= 0.3 is 0 Å². The Morgan fingerprint density at radius 1 is 1.75 bits per heavy atom. The van der Waals surface area contributed by atoms with Crippen molar-refractivity contribution in [2.75, 3.05) is 0 Å². The van der Waals surface area contributed by atoms with Gasteiger partial charge < -0.3 is 0 Å². The average molecular weight is 126 g/mol. The lowest BCUT2D eigenvalue weighted by Crippen LogP contribution is -1.78. The fourth-order valence-corrected chi connectivity index (χ4v) is 1.41. The fraction of sp³-hybridized carbons (Fsp3) is 0.429. The van der Waals surface area contributed by atoms with Gasteiger partial charge in [0.05, 0.1) is 0 Å². The summed E-state index contributed by atoms with van der Waals surface area (Å²) >= 11 is 1.78. The highest BCUT2D eigenvalue weighted by Gasteiger charge is 1.93. The smallest absolute Gasteiger partial charge is 0.0122 e. The maximum atomic E-state index is 2.24. The van der Waals surface area contributed by atoms with Gasteiger partial charge in [0.25, 0.3) is 0 Å². The molecule has 0 bridgehead atoms. The van der Waals surface area contributed by atoms with E-state index in [-0.39, 0.29) is 0 Å².